The fourth-order valence-corrected chi connectivity index (χ4v) is 14.7. The highest BCUT2D eigenvalue weighted by molar-refractivity contribution is 7.47. The summed E-state index contributed by atoms with van der Waals surface area (Å²) >= 11 is 0. The van der Waals surface area contributed by atoms with Crippen molar-refractivity contribution in [3.8, 4) is 0 Å². The third-order valence-corrected chi connectivity index (χ3v) is 22.4. The molecule has 0 fully saturated rings. The van der Waals surface area contributed by atoms with Crippen LogP contribution in [0.2, 0.25) is 0 Å². The lowest BCUT2D eigenvalue weighted by atomic mass is 10.0. The Balaban J connectivity index is 4.61. The number of unbranched alkanes of at least 4 members (excludes halogenated alkanes) is 35. The molecule has 16 nitrogen and oxygen atoms in total. The van der Waals surface area contributed by atoms with Gasteiger partial charge in [0, 0.05) is 19.3 Å². The number of carbonyl (C=O) groups excluding carboxylic acids is 3. The Bertz CT molecular complexity index is 3100. The highest BCUT2D eigenvalue weighted by Crippen LogP contribution is 2.45. The van der Waals surface area contributed by atoms with E-state index >= 15 is 0 Å². The minimum absolute atomic E-state index is 0.0851. The van der Waals surface area contributed by atoms with Gasteiger partial charge >= 0.3 is 33.6 Å². The summed E-state index contributed by atoms with van der Waals surface area (Å²) in [5, 5.41) is 20.8. The van der Waals surface area contributed by atoms with E-state index in [-0.39, 0.29) is 19.3 Å². The van der Waals surface area contributed by atoms with Crippen molar-refractivity contribution in [2.75, 3.05) is 39.6 Å². The van der Waals surface area contributed by atoms with Gasteiger partial charge in [0.15, 0.2) is 6.10 Å². The molecule has 0 amide bonds. The zero-order chi connectivity index (χ0) is 90.7. The number of aliphatic hydroxyl groups is 2. The van der Waals surface area contributed by atoms with Gasteiger partial charge in [-0.25, -0.2) is 9.13 Å². The zero-order valence-corrected chi connectivity index (χ0v) is 80.5. The van der Waals surface area contributed by atoms with Gasteiger partial charge in [0.2, 0.25) is 0 Å². The number of esters is 3. The molecule has 0 radical (unpaired) electrons. The Hall–Kier alpha value is -5.87. The van der Waals surface area contributed by atoms with E-state index in [0.717, 1.165) is 225 Å². The first-order valence-electron chi connectivity index (χ1n) is 49.4. The molecule has 5 atom stereocenters. The molecule has 0 aromatic heterocycles. The molecule has 0 aromatic carbocycles. The number of aliphatic hydroxyl groups excluding tert-OH is 2. The third kappa shape index (κ3) is 98.6. The van der Waals surface area contributed by atoms with Crippen molar-refractivity contribution in [2.24, 2.45) is 0 Å². The summed E-state index contributed by atoms with van der Waals surface area (Å²) < 4.78 is 61.6. The van der Waals surface area contributed by atoms with Crippen LogP contribution in [0.15, 0.2) is 207 Å². The smallest absolute Gasteiger partial charge is 0.463 e. The fourth-order valence-electron chi connectivity index (χ4n) is 13.1. The van der Waals surface area contributed by atoms with Gasteiger partial charge in [-0.1, -0.05) is 414 Å². The normalized spacial score (nSPS) is 14.6. The first-order chi connectivity index (χ1) is 61.2. The average molecular weight is 1780 g/mol. The first kappa shape index (κ1) is 119. The van der Waals surface area contributed by atoms with E-state index in [9.17, 15) is 43.5 Å². The lowest BCUT2D eigenvalue weighted by molar-refractivity contribution is -0.161. The van der Waals surface area contributed by atoms with Gasteiger partial charge in [0.25, 0.3) is 0 Å². The molecule has 0 aliphatic heterocycles. The summed E-state index contributed by atoms with van der Waals surface area (Å²) in [6, 6.07) is 0. The van der Waals surface area contributed by atoms with E-state index in [2.05, 4.69) is 227 Å². The lowest BCUT2D eigenvalue weighted by Gasteiger charge is -2.21. The van der Waals surface area contributed by atoms with Gasteiger partial charge in [0.05, 0.1) is 26.4 Å². The average Bonchev–Trinajstić information content (AvgIpc) is 0.886. The molecule has 0 heterocycles. The summed E-state index contributed by atoms with van der Waals surface area (Å²) in [5.41, 5.74) is 0. The summed E-state index contributed by atoms with van der Waals surface area (Å²) in [6.45, 7) is 2.36. The van der Waals surface area contributed by atoms with Crippen molar-refractivity contribution in [3.63, 3.8) is 0 Å². The topological polar surface area (TPSA) is 231 Å². The molecule has 18 heteroatoms. The fraction of sp³-hybridized carbons (Fsp3) is 0.654. The first-order valence-corrected chi connectivity index (χ1v) is 52.4. The van der Waals surface area contributed by atoms with Crippen LogP contribution in [0.1, 0.15) is 393 Å². The van der Waals surface area contributed by atoms with Crippen LogP contribution >= 0.6 is 15.6 Å². The Morgan fingerprint density at radius 3 is 0.632 bits per heavy atom. The van der Waals surface area contributed by atoms with Crippen LogP contribution < -0.4 is 0 Å². The quantitative estimate of drug-likeness (QED) is 0.0146. The van der Waals surface area contributed by atoms with E-state index < -0.39 is 91.5 Å². The molecule has 712 valence electrons. The Labute approximate surface area is 762 Å². The van der Waals surface area contributed by atoms with Crippen LogP contribution in [0.25, 0.3) is 0 Å². The van der Waals surface area contributed by atoms with Crippen LogP contribution in [-0.4, -0.2) is 95.9 Å². The van der Waals surface area contributed by atoms with Gasteiger partial charge in [-0.2, -0.15) is 0 Å². The molecule has 0 aliphatic rings. The molecular formula is C107H178O16P2. The van der Waals surface area contributed by atoms with E-state index in [4.69, 9.17) is 32.3 Å². The van der Waals surface area contributed by atoms with Crippen molar-refractivity contribution in [2.45, 2.75) is 411 Å². The number of hydrogen-bond donors (Lipinski definition) is 4. The van der Waals surface area contributed by atoms with Crippen molar-refractivity contribution >= 4 is 33.6 Å². The van der Waals surface area contributed by atoms with Crippen molar-refractivity contribution in [1.82, 2.24) is 0 Å². The predicted octanol–water partition coefficient (Wildman–Crippen LogP) is 31.1. The molecule has 0 aromatic rings. The minimum Gasteiger partial charge on any atom is -0.463 e. The molecule has 0 spiro atoms. The largest absolute Gasteiger partial charge is 0.472 e. The molecule has 0 rings (SSSR count). The summed E-state index contributed by atoms with van der Waals surface area (Å²) in [4.78, 5) is 59.2. The lowest BCUT2D eigenvalue weighted by Crippen LogP contribution is -2.30. The number of phosphoric ester groups is 2. The van der Waals surface area contributed by atoms with E-state index in [0.29, 0.717) is 19.3 Å². The zero-order valence-electron chi connectivity index (χ0n) is 78.7. The standard InChI is InChI=1S/C107H178O16P2/c1-4-7-10-13-16-19-22-25-28-31-34-37-40-43-46-47-48-49-50-51-52-53-56-58-60-63-66-69-72-75-78-81-84-87-90-93-105(110)117-96-102(108)97-119-124(113,114)120-98-103(109)99-121-125(115,116)122-101-104(123-107(112)95-92-89-86-83-80-77-74-71-68-65-62-59-55-45-42-39-36-33-30-27-24-21-18-15-12-9-6-3)100-118-106(111)94-91-88-85-82-79-76-73-70-67-64-61-57-54-44-41-38-35-32-29-26-23-20-17-14-11-8-5-2/h7-12,16-21,25-30,34-39,43-46,54-55,61-62,64-65,102-104,108-109H,4-6,13-15,22-24,31-33,40-42,47-53,56-60,63,66-101H2,1-3H3,(H,113,114)(H,115,116)/b10-7-,11-8-,12-9-,19-16-,20-17-,21-18-,28-25-,29-26-,30-27-,37-34-,38-35-,39-36-,46-43-,54-44-,55-45-,64-61-,65-62-. The minimum atomic E-state index is -4.96. The van der Waals surface area contributed by atoms with Gasteiger partial charge in [-0.3, -0.25) is 32.5 Å². The summed E-state index contributed by atoms with van der Waals surface area (Å²) in [5.74, 6) is -1.59. The number of ether oxygens (including phenoxy) is 3. The maximum Gasteiger partial charge on any atom is 0.472 e. The maximum absolute atomic E-state index is 13.1. The van der Waals surface area contributed by atoms with Crippen molar-refractivity contribution in [1.29, 1.82) is 0 Å². The van der Waals surface area contributed by atoms with E-state index in [1.54, 1.807) is 0 Å². The Kier molecular flexibility index (Phi) is 92.6. The number of phosphoric acid groups is 2. The second-order valence-corrected chi connectivity index (χ2v) is 35.3. The van der Waals surface area contributed by atoms with Crippen LogP contribution in [0.4, 0.5) is 0 Å². The Morgan fingerprint density at radius 1 is 0.224 bits per heavy atom. The summed E-state index contributed by atoms with van der Waals surface area (Å²) in [7, 11) is -9.83. The number of rotatable bonds is 92. The van der Waals surface area contributed by atoms with E-state index in [1.807, 2.05) is 0 Å². The molecule has 5 unspecified atom stereocenters. The van der Waals surface area contributed by atoms with Crippen LogP contribution in [0, 0.1) is 0 Å². The second-order valence-electron chi connectivity index (χ2n) is 32.4. The molecule has 4 N–H and O–H groups in total. The Morgan fingerprint density at radius 2 is 0.400 bits per heavy atom. The van der Waals surface area contributed by atoms with Gasteiger partial charge in [0.1, 0.15) is 25.4 Å². The van der Waals surface area contributed by atoms with E-state index in [1.165, 1.54) is 109 Å². The highest BCUT2D eigenvalue weighted by Gasteiger charge is 2.30. The van der Waals surface area contributed by atoms with Crippen LogP contribution in [0.5, 0.6) is 0 Å². The van der Waals surface area contributed by atoms with Crippen molar-refractivity contribution < 1.29 is 75.8 Å². The van der Waals surface area contributed by atoms with Gasteiger partial charge in [-0.15, -0.1) is 0 Å². The highest BCUT2D eigenvalue weighted by atomic mass is 31.2. The third-order valence-electron chi connectivity index (χ3n) is 20.5. The second kappa shape index (κ2) is 97.2. The summed E-state index contributed by atoms with van der Waals surface area (Å²) in [6.07, 6.45) is 132. The van der Waals surface area contributed by atoms with Crippen LogP contribution in [0.3, 0.4) is 0 Å². The number of hydrogen-bond acceptors (Lipinski definition) is 14. The number of allylic oxidation sites excluding steroid dienone is 34. The molecular weight excluding hydrogens is 1600 g/mol. The van der Waals surface area contributed by atoms with Gasteiger partial charge in [-0.05, 0) is 167 Å². The maximum atomic E-state index is 13.1. The predicted molar refractivity (Wildman–Crippen MR) is 527 cm³/mol. The molecule has 0 saturated carbocycles. The molecule has 125 heavy (non-hydrogen) atoms. The van der Waals surface area contributed by atoms with Crippen LogP contribution in [-0.2, 0) is 55.8 Å². The molecule has 0 bridgehead atoms. The van der Waals surface area contributed by atoms with Crippen molar-refractivity contribution in [3.05, 3.63) is 207 Å². The molecule has 0 aliphatic carbocycles. The SMILES string of the molecule is CC/C=C\C/C=C\C/C=C\C/C=C\C/C=C\C/C=C\CCCCCCCCCCC(=O)OCC(COP(=O)(O)OCC(O)COP(=O)(O)OCC(O)COC(=O)CCCCCCCCCCCCCCCCCCCCC/C=C\C/C=C\C/C=C\C/C=C\C/C=C\CC)OC(=O)CCCCCCCCCC/C=C\C/C=C\C/C=C\C/C=C\C/C=C\C/C=C\CC. The van der Waals surface area contributed by atoms with Gasteiger partial charge < -0.3 is 34.2 Å². The monoisotopic (exact) mass is 1780 g/mol. The molecule has 0 saturated heterocycles. The number of carbonyl (C=O) groups is 3.